The standard InChI is InChI=1S/C28H33N3O2S/c1-31(2)16-23(32)22-12-24(21-7-3-5-20-6-4-8-29-25(20)21)34-26(22)30-27(33)28-13-17-9-18(14-28)11-19(10-17)15-28/h3-8,12,17-19,23,32H,9-11,13-16H2,1-2H3,(H,30,33). The van der Waals surface area contributed by atoms with Crippen LogP contribution in [0.4, 0.5) is 5.00 Å². The van der Waals surface area contributed by atoms with Crippen LogP contribution in [0.3, 0.4) is 0 Å². The molecule has 1 atom stereocenters. The van der Waals surface area contributed by atoms with Crippen molar-refractivity contribution in [2.24, 2.45) is 23.2 Å². The van der Waals surface area contributed by atoms with E-state index in [2.05, 4.69) is 34.6 Å². The molecule has 178 valence electrons. The normalized spacial score (nSPS) is 28.5. The van der Waals surface area contributed by atoms with E-state index in [-0.39, 0.29) is 11.3 Å². The highest BCUT2D eigenvalue weighted by Gasteiger charge is 2.54. The fraction of sp³-hybridized carbons (Fsp3) is 0.500. The summed E-state index contributed by atoms with van der Waals surface area (Å²) in [5.74, 6) is 2.33. The van der Waals surface area contributed by atoms with E-state index < -0.39 is 6.10 Å². The number of nitrogens with one attached hydrogen (secondary N) is 1. The third-order valence-corrected chi connectivity index (χ3v) is 9.40. The van der Waals surface area contributed by atoms with Gasteiger partial charge in [0.05, 0.1) is 17.0 Å². The molecule has 1 unspecified atom stereocenters. The van der Waals surface area contributed by atoms with Crippen molar-refractivity contribution in [2.75, 3.05) is 26.0 Å². The second-order valence-electron chi connectivity index (χ2n) is 11.2. The van der Waals surface area contributed by atoms with Crippen LogP contribution in [-0.4, -0.2) is 41.5 Å². The number of aliphatic hydroxyl groups is 1. The Kier molecular flexibility index (Phi) is 5.51. The van der Waals surface area contributed by atoms with E-state index in [0.717, 1.165) is 68.9 Å². The van der Waals surface area contributed by atoms with Crippen LogP contribution in [0, 0.1) is 23.2 Å². The molecule has 6 heteroatoms. The Morgan fingerprint density at radius 3 is 2.50 bits per heavy atom. The molecular formula is C28H33N3O2S. The molecule has 4 aliphatic carbocycles. The highest BCUT2D eigenvalue weighted by atomic mass is 32.1. The zero-order valence-electron chi connectivity index (χ0n) is 20.0. The van der Waals surface area contributed by atoms with Gasteiger partial charge in [-0.2, -0.15) is 0 Å². The molecule has 4 fully saturated rings. The van der Waals surface area contributed by atoms with Gasteiger partial charge < -0.3 is 15.3 Å². The molecule has 2 N–H and O–H groups in total. The summed E-state index contributed by atoms with van der Waals surface area (Å²) < 4.78 is 0. The van der Waals surface area contributed by atoms with Gasteiger partial charge in [0.25, 0.3) is 0 Å². The number of carbonyl (C=O) groups excluding carboxylic acids is 1. The van der Waals surface area contributed by atoms with E-state index in [1.54, 1.807) is 11.3 Å². The van der Waals surface area contributed by atoms with Gasteiger partial charge in [-0.25, -0.2) is 0 Å². The van der Waals surface area contributed by atoms with Gasteiger partial charge in [0, 0.05) is 34.1 Å². The first-order valence-electron chi connectivity index (χ1n) is 12.5. The van der Waals surface area contributed by atoms with Gasteiger partial charge in [-0.15, -0.1) is 11.3 Å². The predicted octanol–water partition coefficient (Wildman–Crippen LogP) is 5.71. The number of aromatic nitrogens is 1. The van der Waals surface area contributed by atoms with E-state index in [9.17, 15) is 9.90 Å². The number of pyridine rings is 1. The van der Waals surface area contributed by atoms with Crippen molar-refractivity contribution in [1.82, 2.24) is 9.88 Å². The Morgan fingerprint density at radius 2 is 1.82 bits per heavy atom. The van der Waals surface area contributed by atoms with Gasteiger partial charge in [-0.05, 0) is 82.5 Å². The number of rotatable bonds is 6. The smallest absolute Gasteiger partial charge is 0.231 e. The monoisotopic (exact) mass is 475 g/mol. The lowest BCUT2D eigenvalue weighted by molar-refractivity contribution is -0.140. The summed E-state index contributed by atoms with van der Waals surface area (Å²) in [6, 6.07) is 12.3. The van der Waals surface area contributed by atoms with Crippen molar-refractivity contribution >= 4 is 33.1 Å². The Labute approximate surface area is 205 Å². The summed E-state index contributed by atoms with van der Waals surface area (Å²) in [4.78, 5) is 21.4. The molecule has 2 aromatic heterocycles. The maximum atomic E-state index is 13.8. The van der Waals surface area contributed by atoms with E-state index >= 15 is 0 Å². The third kappa shape index (κ3) is 3.86. The van der Waals surface area contributed by atoms with Gasteiger partial charge in [-0.1, -0.05) is 24.3 Å². The molecule has 3 aromatic rings. The lowest BCUT2D eigenvalue weighted by atomic mass is 9.49. The molecule has 4 aliphatic rings. The molecule has 0 radical (unpaired) electrons. The van der Waals surface area contributed by atoms with Crippen LogP contribution in [0.1, 0.15) is 50.2 Å². The number of likely N-dealkylation sites (N-methyl/N-ethyl adjacent to an activating group) is 1. The number of anilines is 1. The average Bonchev–Trinajstić information content (AvgIpc) is 3.21. The van der Waals surface area contributed by atoms with Gasteiger partial charge in [-0.3, -0.25) is 9.78 Å². The van der Waals surface area contributed by atoms with Gasteiger partial charge in [0.15, 0.2) is 0 Å². The quantitative estimate of drug-likeness (QED) is 0.479. The second-order valence-corrected chi connectivity index (χ2v) is 12.3. The third-order valence-electron chi connectivity index (χ3n) is 8.30. The number of carbonyl (C=O) groups is 1. The van der Waals surface area contributed by atoms with E-state index in [0.29, 0.717) is 6.54 Å². The van der Waals surface area contributed by atoms with Crippen LogP contribution in [0.2, 0.25) is 0 Å². The van der Waals surface area contributed by atoms with Gasteiger partial charge in [0.2, 0.25) is 5.91 Å². The summed E-state index contributed by atoms with van der Waals surface area (Å²) in [6.07, 6.45) is 8.19. The minimum absolute atomic E-state index is 0.175. The van der Waals surface area contributed by atoms with Crippen molar-refractivity contribution < 1.29 is 9.90 Å². The van der Waals surface area contributed by atoms with Crippen LogP contribution < -0.4 is 5.32 Å². The number of fused-ring (bicyclic) bond motifs is 1. The molecule has 5 nitrogen and oxygen atoms in total. The molecule has 1 amide bonds. The average molecular weight is 476 g/mol. The first-order valence-corrected chi connectivity index (χ1v) is 13.3. The minimum atomic E-state index is -0.672. The number of nitrogens with zero attached hydrogens (tertiary/aromatic N) is 2. The molecule has 0 spiro atoms. The Morgan fingerprint density at radius 1 is 1.15 bits per heavy atom. The molecule has 1 aromatic carbocycles. The Balaban J connectivity index is 1.36. The maximum Gasteiger partial charge on any atom is 0.231 e. The zero-order valence-corrected chi connectivity index (χ0v) is 20.8. The summed E-state index contributed by atoms with van der Waals surface area (Å²) in [5, 5.41) is 16.3. The second kappa shape index (κ2) is 8.43. The van der Waals surface area contributed by atoms with Crippen LogP contribution in [0.25, 0.3) is 21.3 Å². The van der Waals surface area contributed by atoms with E-state index in [1.165, 1.54) is 19.3 Å². The highest BCUT2D eigenvalue weighted by molar-refractivity contribution is 7.19. The van der Waals surface area contributed by atoms with Crippen LogP contribution in [-0.2, 0) is 4.79 Å². The Hall–Kier alpha value is -2.28. The summed E-state index contributed by atoms with van der Waals surface area (Å²) in [5.41, 5.74) is 2.57. The van der Waals surface area contributed by atoms with Crippen molar-refractivity contribution in [3.63, 3.8) is 0 Å². The van der Waals surface area contributed by atoms with Crippen LogP contribution >= 0.6 is 11.3 Å². The SMILES string of the molecule is CN(C)CC(O)c1cc(-c2cccc3cccnc23)sc1NC(=O)C12CC3CC(CC(C3)C1)C2. The number of hydrogen-bond donors (Lipinski definition) is 2. The van der Waals surface area contributed by atoms with Gasteiger partial charge >= 0.3 is 0 Å². The topological polar surface area (TPSA) is 65.5 Å². The first-order chi connectivity index (χ1) is 16.4. The molecular weight excluding hydrogens is 442 g/mol. The lowest BCUT2D eigenvalue weighted by Gasteiger charge is -2.55. The number of amides is 1. The minimum Gasteiger partial charge on any atom is -0.387 e. The summed E-state index contributed by atoms with van der Waals surface area (Å²) in [7, 11) is 3.91. The van der Waals surface area contributed by atoms with Gasteiger partial charge in [0.1, 0.15) is 5.00 Å². The molecule has 4 saturated carbocycles. The van der Waals surface area contributed by atoms with Crippen molar-refractivity contribution in [3.05, 3.63) is 48.2 Å². The van der Waals surface area contributed by atoms with Crippen molar-refractivity contribution in [2.45, 2.75) is 44.6 Å². The fourth-order valence-corrected chi connectivity index (χ4v) is 8.39. The number of thiophene rings is 1. The van der Waals surface area contributed by atoms with Crippen LogP contribution in [0.15, 0.2) is 42.6 Å². The first kappa shape index (κ1) is 22.2. The van der Waals surface area contributed by atoms with E-state index in [4.69, 9.17) is 0 Å². The Bertz CT molecular complexity index is 1190. The van der Waals surface area contributed by atoms with Crippen molar-refractivity contribution in [1.29, 1.82) is 0 Å². The number of benzene rings is 1. The summed E-state index contributed by atoms with van der Waals surface area (Å²) >= 11 is 1.56. The number of aliphatic hydroxyl groups excluding tert-OH is 1. The van der Waals surface area contributed by atoms with E-state index in [1.807, 2.05) is 37.3 Å². The predicted molar refractivity (Wildman–Crippen MR) is 138 cm³/mol. The maximum absolute atomic E-state index is 13.8. The summed E-state index contributed by atoms with van der Waals surface area (Å²) in [6.45, 7) is 0.504. The largest absolute Gasteiger partial charge is 0.387 e. The molecule has 4 bridgehead atoms. The number of para-hydroxylation sites is 1. The molecule has 34 heavy (non-hydrogen) atoms. The zero-order chi connectivity index (χ0) is 23.4. The van der Waals surface area contributed by atoms with Crippen molar-refractivity contribution in [3.8, 4) is 10.4 Å². The molecule has 2 heterocycles. The fourth-order valence-electron chi connectivity index (χ4n) is 7.25. The number of hydrogen-bond acceptors (Lipinski definition) is 5. The molecule has 7 rings (SSSR count). The molecule has 0 aliphatic heterocycles. The lowest BCUT2D eigenvalue weighted by Crippen LogP contribution is -2.51. The molecule has 0 saturated heterocycles. The van der Waals surface area contributed by atoms with Crippen LogP contribution in [0.5, 0.6) is 0 Å². The highest BCUT2D eigenvalue weighted by Crippen LogP contribution is 2.60.